The molecule has 0 aromatic heterocycles. The first kappa shape index (κ1) is 14.4. The highest BCUT2D eigenvalue weighted by Crippen LogP contribution is 2.25. The van der Waals surface area contributed by atoms with Crippen molar-refractivity contribution in [2.45, 2.75) is 51.0 Å². The van der Waals surface area contributed by atoms with Crippen molar-refractivity contribution < 1.29 is 9.90 Å². The molecule has 1 aliphatic rings. The lowest BCUT2D eigenvalue weighted by molar-refractivity contribution is -0.121. The highest BCUT2D eigenvalue weighted by atomic mass is 16.3. The van der Waals surface area contributed by atoms with Gasteiger partial charge in [0.25, 0.3) is 0 Å². The van der Waals surface area contributed by atoms with Gasteiger partial charge in [-0.25, -0.2) is 5.84 Å². The number of hydrazine groups is 1. The van der Waals surface area contributed by atoms with Crippen molar-refractivity contribution in [2.24, 2.45) is 5.84 Å². The molecule has 0 atom stereocenters. The lowest BCUT2D eigenvalue weighted by Gasteiger charge is -2.37. The number of aliphatic hydroxyl groups is 1. The number of aliphatic hydroxyl groups excluding tert-OH is 1. The molecule has 1 rings (SSSR count). The van der Waals surface area contributed by atoms with Crippen LogP contribution in [0.5, 0.6) is 0 Å². The molecule has 4 N–H and O–H groups in total. The van der Waals surface area contributed by atoms with Gasteiger partial charge in [0.1, 0.15) is 0 Å². The summed E-state index contributed by atoms with van der Waals surface area (Å²) in [5, 5.41) is 8.87. The zero-order chi connectivity index (χ0) is 12.5. The number of carbonyl (C=O) groups is 1. The van der Waals surface area contributed by atoms with Crippen molar-refractivity contribution in [1.82, 2.24) is 10.3 Å². The Bertz CT molecular complexity index is 220. The summed E-state index contributed by atoms with van der Waals surface area (Å²) in [5.74, 6) is 4.93. The maximum atomic E-state index is 10.9. The molecular weight excluding hydrogens is 218 g/mol. The number of nitrogens with one attached hydrogen (secondary N) is 1. The van der Waals surface area contributed by atoms with Gasteiger partial charge < -0.3 is 10.0 Å². The summed E-state index contributed by atoms with van der Waals surface area (Å²) in [6, 6.07) is 0.713. The predicted octanol–water partition coefficient (Wildman–Crippen LogP) is 0.383. The molecule has 1 fully saturated rings. The third-order valence-corrected chi connectivity index (χ3v) is 3.45. The van der Waals surface area contributed by atoms with E-state index in [0.717, 1.165) is 32.4 Å². The van der Waals surface area contributed by atoms with Gasteiger partial charge in [0, 0.05) is 25.6 Å². The van der Waals surface area contributed by atoms with Crippen molar-refractivity contribution in [2.75, 3.05) is 19.7 Å². The van der Waals surface area contributed by atoms with Crippen molar-refractivity contribution >= 4 is 5.91 Å². The lowest BCUT2D eigenvalue weighted by atomic mass is 9.91. The molecule has 1 aliphatic carbocycles. The number of hydrogen-bond donors (Lipinski definition) is 3. The van der Waals surface area contributed by atoms with Crippen molar-refractivity contribution in [3.05, 3.63) is 0 Å². The normalized spacial score (nSPS) is 15.9. The summed E-state index contributed by atoms with van der Waals surface area (Å²) >= 11 is 0. The molecule has 1 amide bonds. The van der Waals surface area contributed by atoms with Gasteiger partial charge >= 0.3 is 0 Å². The van der Waals surface area contributed by atoms with E-state index in [-0.39, 0.29) is 12.5 Å². The molecule has 0 heterocycles. The molecule has 0 aromatic carbocycles. The minimum atomic E-state index is -0.0875. The van der Waals surface area contributed by atoms with Crippen LogP contribution in [0.15, 0.2) is 0 Å². The number of nitrogens with zero attached hydrogens (tertiary/aromatic N) is 1. The van der Waals surface area contributed by atoms with E-state index < -0.39 is 0 Å². The summed E-state index contributed by atoms with van der Waals surface area (Å²) in [6.45, 7) is 2.27. The zero-order valence-electron chi connectivity index (χ0n) is 10.5. The first-order chi connectivity index (χ1) is 8.27. The summed E-state index contributed by atoms with van der Waals surface area (Å²) in [7, 11) is 0. The van der Waals surface area contributed by atoms with E-state index >= 15 is 0 Å². The largest absolute Gasteiger partial charge is 0.396 e. The standard InChI is InChI=1S/C12H25N3O2/c13-14-12(17)7-1-2-8-15(9-4-10-16)11-5-3-6-11/h11,16H,1-10,13H2,(H,14,17). The molecule has 0 radical (unpaired) electrons. The van der Waals surface area contributed by atoms with Crippen LogP contribution < -0.4 is 11.3 Å². The van der Waals surface area contributed by atoms with Gasteiger partial charge in [-0.1, -0.05) is 6.42 Å². The van der Waals surface area contributed by atoms with Crippen molar-refractivity contribution in [1.29, 1.82) is 0 Å². The van der Waals surface area contributed by atoms with E-state index in [2.05, 4.69) is 10.3 Å². The van der Waals surface area contributed by atoms with E-state index in [1.54, 1.807) is 0 Å². The number of amides is 1. The van der Waals surface area contributed by atoms with Gasteiger partial charge in [-0.2, -0.15) is 0 Å². The quantitative estimate of drug-likeness (QED) is 0.237. The molecule has 5 heteroatoms. The molecule has 5 nitrogen and oxygen atoms in total. The highest BCUT2D eigenvalue weighted by Gasteiger charge is 2.23. The highest BCUT2D eigenvalue weighted by molar-refractivity contribution is 5.75. The summed E-state index contributed by atoms with van der Waals surface area (Å²) in [4.78, 5) is 13.4. The Morgan fingerprint density at radius 3 is 2.53 bits per heavy atom. The van der Waals surface area contributed by atoms with Crippen LogP contribution >= 0.6 is 0 Å². The van der Waals surface area contributed by atoms with E-state index in [9.17, 15) is 4.79 Å². The Morgan fingerprint density at radius 1 is 1.29 bits per heavy atom. The van der Waals surface area contributed by atoms with Gasteiger partial charge in [-0.15, -0.1) is 0 Å². The molecule has 17 heavy (non-hydrogen) atoms. The maximum absolute atomic E-state index is 10.9. The summed E-state index contributed by atoms with van der Waals surface area (Å²) in [5.41, 5.74) is 2.15. The average molecular weight is 243 g/mol. The Kier molecular flexibility index (Phi) is 7.16. The predicted molar refractivity (Wildman–Crippen MR) is 67.1 cm³/mol. The number of nitrogens with two attached hydrogens (primary N) is 1. The van der Waals surface area contributed by atoms with Crippen LogP contribution in [0, 0.1) is 0 Å². The fourth-order valence-electron chi connectivity index (χ4n) is 2.18. The SMILES string of the molecule is NNC(=O)CCCCN(CCCO)C1CCC1. The van der Waals surface area contributed by atoms with E-state index in [0.29, 0.717) is 12.5 Å². The average Bonchev–Trinajstić information content (AvgIpc) is 2.28. The Hall–Kier alpha value is -0.650. The van der Waals surface area contributed by atoms with Crippen molar-refractivity contribution in [3.63, 3.8) is 0 Å². The summed E-state index contributed by atoms with van der Waals surface area (Å²) in [6.07, 6.45) is 7.16. The smallest absolute Gasteiger partial charge is 0.233 e. The number of hydrogen-bond acceptors (Lipinski definition) is 4. The van der Waals surface area contributed by atoms with Gasteiger partial charge in [0.15, 0.2) is 0 Å². The zero-order valence-corrected chi connectivity index (χ0v) is 10.5. The van der Waals surface area contributed by atoms with Gasteiger partial charge in [-0.05, 0) is 38.6 Å². The Morgan fingerprint density at radius 2 is 2.00 bits per heavy atom. The topological polar surface area (TPSA) is 78.6 Å². The fraction of sp³-hybridized carbons (Fsp3) is 0.917. The van der Waals surface area contributed by atoms with Gasteiger partial charge in [0.2, 0.25) is 5.91 Å². The van der Waals surface area contributed by atoms with Gasteiger partial charge in [-0.3, -0.25) is 10.2 Å². The van der Waals surface area contributed by atoms with Crippen LogP contribution in [0.25, 0.3) is 0 Å². The molecular formula is C12H25N3O2. The van der Waals surface area contributed by atoms with E-state index in [4.69, 9.17) is 10.9 Å². The second-order valence-electron chi connectivity index (χ2n) is 4.72. The minimum Gasteiger partial charge on any atom is -0.396 e. The van der Waals surface area contributed by atoms with Crippen LogP contribution in [0.2, 0.25) is 0 Å². The first-order valence-electron chi connectivity index (χ1n) is 6.62. The third kappa shape index (κ3) is 5.48. The molecule has 0 saturated heterocycles. The number of carbonyl (C=O) groups excluding carboxylic acids is 1. The minimum absolute atomic E-state index is 0.0875. The van der Waals surface area contributed by atoms with Crippen LogP contribution in [0.3, 0.4) is 0 Å². The molecule has 0 aliphatic heterocycles. The van der Waals surface area contributed by atoms with Gasteiger partial charge in [0.05, 0.1) is 0 Å². The second-order valence-corrected chi connectivity index (χ2v) is 4.72. The molecule has 1 saturated carbocycles. The third-order valence-electron chi connectivity index (χ3n) is 3.45. The number of rotatable bonds is 9. The van der Waals surface area contributed by atoms with E-state index in [1.807, 2.05) is 0 Å². The second kappa shape index (κ2) is 8.44. The molecule has 0 aromatic rings. The molecule has 0 bridgehead atoms. The monoisotopic (exact) mass is 243 g/mol. The lowest BCUT2D eigenvalue weighted by Crippen LogP contribution is -2.41. The Labute approximate surface area is 103 Å². The molecule has 100 valence electrons. The van der Waals surface area contributed by atoms with Crippen LogP contribution in [-0.2, 0) is 4.79 Å². The van der Waals surface area contributed by atoms with Crippen LogP contribution in [0.4, 0.5) is 0 Å². The van der Waals surface area contributed by atoms with Crippen molar-refractivity contribution in [3.8, 4) is 0 Å². The van der Waals surface area contributed by atoms with E-state index in [1.165, 1.54) is 19.3 Å². The van der Waals surface area contributed by atoms with Crippen LogP contribution in [0.1, 0.15) is 44.9 Å². The maximum Gasteiger partial charge on any atom is 0.233 e. The number of unbranched alkanes of at least 4 members (excludes halogenated alkanes) is 1. The first-order valence-corrected chi connectivity index (χ1v) is 6.62. The molecule has 0 spiro atoms. The van der Waals surface area contributed by atoms with Crippen LogP contribution in [-0.4, -0.2) is 41.7 Å². The summed E-state index contributed by atoms with van der Waals surface area (Å²) < 4.78 is 0. The Balaban J connectivity index is 2.12. The molecule has 0 unspecified atom stereocenters. The fourth-order valence-corrected chi connectivity index (χ4v) is 2.18.